The van der Waals surface area contributed by atoms with Crippen LogP contribution in [-0.2, 0) is 0 Å². The van der Waals surface area contributed by atoms with Gasteiger partial charge >= 0.3 is 5.97 Å². The molecule has 0 saturated heterocycles. The van der Waals surface area contributed by atoms with Crippen molar-refractivity contribution in [1.82, 2.24) is 4.98 Å². The molecule has 0 spiro atoms. The Hall–Kier alpha value is -2.21. The van der Waals surface area contributed by atoms with Gasteiger partial charge in [-0.1, -0.05) is 0 Å². The molecule has 0 bridgehead atoms. The summed E-state index contributed by atoms with van der Waals surface area (Å²) in [7, 11) is 0. The number of pyridine rings is 1. The number of thiophene rings is 1. The molecule has 0 saturated carbocycles. The number of hydrogen-bond donors (Lipinski definition) is 2. The van der Waals surface area contributed by atoms with Crippen molar-refractivity contribution in [2.45, 2.75) is 6.92 Å². The van der Waals surface area contributed by atoms with Gasteiger partial charge < -0.3 is 10.4 Å². The standard InChI is InChI=1S/C12H10N2O3S/c1-7-2-3-8(6-13-7)11(15)14-9-4-5-18-10(9)12(16)17/h2-6H,1H3,(H,14,15)(H,16,17). The second-order valence-corrected chi connectivity index (χ2v) is 4.53. The van der Waals surface area contributed by atoms with Gasteiger partial charge in [-0.25, -0.2) is 4.79 Å². The highest BCUT2D eigenvalue weighted by Gasteiger charge is 2.14. The van der Waals surface area contributed by atoms with Crippen molar-refractivity contribution in [2.75, 3.05) is 5.32 Å². The number of carbonyl (C=O) groups is 2. The van der Waals surface area contributed by atoms with Crippen LogP contribution in [0.5, 0.6) is 0 Å². The van der Waals surface area contributed by atoms with Gasteiger partial charge in [-0.3, -0.25) is 9.78 Å². The molecular weight excluding hydrogens is 252 g/mol. The third-order valence-electron chi connectivity index (χ3n) is 2.28. The van der Waals surface area contributed by atoms with E-state index in [9.17, 15) is 9.59 Å². The van der Waals surface area contributed by atoms with Crippen LogP contribution in [-0.4, -0.2) is 22.0 Å². The highest BCUT2D eigenvalue weighted by molar-refractivity contribution is 7.12. The fourth-order valence-electron chi connectivity index (χ4n) is 1.37. The zero-order valence-electron chi connectivity index (χ0n) is 9.51. The summed E-state index contributed by atoms with van der Waals surface area (Å²) in [5.41, 5.74) is 1.51. The summed E-state index contributed by atoms with van der Waals surface area (Å²) in [6.45, 7) is 1.82. The van der Waals surface area contributed by atoms with Crippen LogP contribution in [0.25, 0.3) is 0 Å². The first kappa shape index (κ1) is 12.3. The molecule has 0 atom stereocenters. The summed E-state index contributed by atoms with van der Waals surface area (Å²) in [4.78, 5) is 26.9. The number of anilines is 1. The van der Waals surface area contributed by atoms with Crippen molar-refractivity contribution < 1.29 is 14.7 Å². The van der Waals surface area contributed by atoms with E-state index in [0.29, 0.717) is 11.3 Å². The van der Waals surface area contributed by atoms with Gasteiger partial charge in [0.25, 0.3) is 5.91 Å². The van der Waals surface area contributed by atoms with Gasteiger partial charge in [-0.15, -0.1) is 11.3 Å². The summed E-state index contributed by atoms with van der Waals surface area (Å²) < 4.78 is 0. The number of carboxylic acid groups (broad SMARTS) is 1. The van der Waals surface area contributed by atoms with Gasteiger partial charge in [-0.2, -0.15) is 0 Å². The number of carboxylic acids is 1. The SMILES string of the molecule is Cc1ccc(C(=O)Nc2ccsc2C(=O)O)cn1. The Kier molecular flexibility index (Phi) is 3.38. The highest BCUT2D eigenvalue weighted by atomic mass is 32.1. The number of rotatable bonds is 3. The van der Waals surface area contributed by atoms with Crippen LogP contribution >= 0.6 is 11.3 Å². The van der Waals surface area contributed by atoms with Crippen molar-refractivity contribution in [3.63, 3.8) is 0 Å². The van der Waals surface area contributed by atoms with Crippen LogP contribution in [0, 0.1) is 6.92 Å². The second kappa shape index (κ2) is 4.97. The number of aromatic carboxylic acids is 1. The van der Waals surface area contributed by atoms with E-state index in [-0.39, 0.29) is 10.8 Å². The molecule has 2 N–H and O–H groups in total. The molecule has 2 aromatic heterocycles. The molecule has 0 aliphatic heterocycles. The van der Waals surface area contributed by atoms with Crippen molar-refractivity contribution in [3.05, 3.63) is 45.9 Å². The largest absolute Gasteiger partial charge is 0.477 e. The Morgan fingerprint density at radius 2 is 2.11 bits per heavy atom. The van der Waals surface area contributed by atoms with Crippen molar-refractivity contribution in [1.29, 1.82) is 0 Å². The van der Waals surface area contributed by atoms with E-state index in [1.54, 1.807) is 23.6 Å². The minimum absolute atomic E-state index is 0.114. The van der Waals surface area contributed by atoms with Crippen molar-refractivity contribution in [2.24, 2.45) is 0 Å². The minimum atomic E-state index is -1.05. The number of amides is 1. The van der Waals surface area contributed by atoms with Crippen LogP contribution in [0.1, 0.15) is 25.7 Å². The van der Waals surface area contributed by atoms with E-state index in [1.165, 1.54) is 6.20 Å². The Labute approximate surface area is 107 Å². The number of nitrogens with zero attached hydrogens (tertiary/aromatic N) is 1. The Bertz CT molecular complexity index is 590. The predicted molar refractivity (Wildman–Crippen MR) is 68.2 cm³/mol. The average molecular weight is 262 g/mol. The molecule has 92 valence electrons. The summed E-state index contributed by atoms with van der Waals surface area (Å²) in [5.74, 6) is -1.43. The van der Waals surface area contributed by atoms with Crippen LogP contribution in [0.15, 0.2) is 29.8 Å². The minimum Gasteiger partial charge on any atom is -0.477 e. The average Bonchev–Trinajstić information content (AvgIpc) is 2.78. The van der Waals surface area contributed by atoms with E-state index in [0.717, 1.165) is 17.0 Å². The van der Waals surface area contributed by atoms with Gasteiger partial charge in [-0.05, 0) is 30.5 Å². The molecule has 18 heavy (non-hydrogen) atoms. The number of aromatic nitrogens is 1. The maximum atomic E-state index is 11.9. The molecule has 0 aromatic carbocycles. The van der Waals surface area contributed by atoms with Crippen LogP contribution in [0.3, 0.4) is 0 Å². The van der Waals surface area contributed by atoms with E-state index in [2.05, 4.69) is 10.3 Å². The van der Waals surface area contributed by atoms with Crippen LogP contribution in [0.2, 0.25) is 0 Å². The van der Waals surface area contributed by atoms with E-state index in [4.69, 9.17) is 5.11 Å². The first-order chi connectivity index (χ1) is 8.58. The molecule has 6 heteroatoms. The summed E-state index contributed by atoms with van der Waals surface area (Å²) in [5, 5.41) is 13.1. The predicted octanol–water partition coefficient (Wildman–Crippen LogP) is 2.40. The fraction of sp³-hybridized carbons (Fsp3) is 0.0833. The molecule has 2 aromatic rings. The maximum absolute atomic E-state index is 11.9. The van der Waals surface area contributed by atoms with E-state index < -0.39 is 5.97 Å². The normalized spacial score (nSPS) is 10.1. The smallest absolute Gasteiger partial charge is 0.348 e. The molecule has 1 amide bonds. The molecule has 0 fully saturated rings. The molecule has 0 aliphatic carbocycles. The molecular formula is C12H10N2O3S. The Morgan fingerprint density at radius 1 is 1.33 bits per heavy atom. The molecule has 2 rings (SSSR count). The lowest BCUT2D eigenvalue weighted by Gasteiger charge is -2.04. The number of aryl methyl sites for hydroxylation is 1. The fourth-order valence-corrected chi connectivity index (χ4v) is 2.06. The van der Waals surface area contributed by atoms with Crippen molar-refractivity contribution >= 4 is 28.9 Å². The Morgan fingerprint density at radius 3 is 2.72 bits per heavy atom. The van der Waals surface area contributed by atoms with Gasteiger partial charge in [0.2, 0.25) is 0 Å². The number of nitrogens with one attached hydrogen (secondary N) is 1. The first-order valence-corrected chi connectivity index (χ1v) is 6.00. The van der Waals surface area contributed by atoms with Gasteiger partial charge in [0.15, 0.2) is 0 Å². The van der Waals surface area contributed by atoms with Gasteiger partial charge in [0, 0.05) is 11.9 Å². The van der Waals surface area contributed by atoms with Gasteiger partial charge in [0.1, 0.15) is 4.88 Å². The number of hydrogen-bond acceptors (Lipinski definition) is 4. The lowest BCUT2D eigenvalue weighted by atomic mass is 10.2. The topological polar surface area (TPSA) is 79.3 Å². The first-order valence-electron chi connectivity index (χ1n) is 5.12. The zero-order valence-corrected chi connectivity index (χ0v) is 10.3. The quantitative estimate of drug-likeness (QED) is 0.890. The summed E-state index contributed by atoms with van der Waals surface area (Å²) >= 11 is 1.07. The van der Waals surface area contributed by atoms with E-state index >= 15 is 0 Å². The molecule has 0 aliphatic rings. The highest BCUT2D eigenvalue weighted by Crippen LogP contribution is 2.22. The van der Waals surface area contributed by atoms with Crippen LogP contribution < -0.4 is 5.32 Å². The van der Waals surface area contributed by atoms with Crippen LogP contribution in [0.4, 0.5) is 5.69 Å². The Balaban J connectivity index is 2.19. The second-order valence-electron chi connectivity index (χ2n) is 3.61. The molecule has 2 heterocycles. The molecule has 0 radical (unpaired) electrons. The zero-order chi connectivity index (χ0) is 13.1. The molecule has 5 nitrogen and oxygen atoms in total. The third kappa shape index (κ3) is 2.54. The lowest BCUT2D eigenvalue weighted by molar-refractivity contribution is 0.0703. The summed E-state index contributed by atoms with van der Waals surface area (Å²) in [6.07, 6.45) is 1.46. The van der Waals surface area contributed by atoms with E-state index in [1.807, 2.05) is 6.92 Å². The maximum Gasteiger partial charge on any atom is 0.348 e. The molecule has 0 unspecified atom stereocenters. The monoisotopic (exact) mass is 262 g/mol. The number of carbonyl (C=O) groups excluding carboxylic acids is 1. The summed E-state index contributed by atoms with van der Waals surface area (Å²) in [6, 6.07) is 4.93. The van der Waals surface area contributed by atoms with Crippen molar-refractivity contribution in [3.8, 4) is 0 Å². The van der Waals surface area contributed by atoms with Gasteiger partial charge in [0.05, 0.1) is 11.3 Å². The lowest BCUT2D eigenvalue weighted by Crippen LogP contribution is -2.13. The third-order valence-corrected chi connectivity index (χ3v) is 3.18.